The zero-order valence-electron chi connectivity index (χ0n) is 17.3. The van der Waals surface area contributed by atoms with Gasteiger partial charge in [0.05, 0.1) is 12.0 Å². The summed E-state index contributed by atoms with van der Waals surface area (Å²) < 4.78 is 6.06. The van der Waals surface area contributed by atoms with Gasteiger partial charge in [0.25, 0.3) is 0 Å². The maximum absolute atomic E-state index is 11.4. The van der Waals surface area contributed by atoms with Crippen LogP contribution in [0.1, 0.15) is 35.6 Å². The van der Waals surface area contributed by atoms with Gasteiger partial charge >= 0.3 is 5.97 Å². The van der Waals surface area contributed by atoms with Gasteiger partial charge in [0.15, 0.2) is 0 Å². The van der Waals surface area contributed by atoms with Gasteiger partial charge in [-0.05, 0) is 66.9 Å². The van der Waals surface area contributed by atoms with Gasteiger partial charge < -0.3 is 9.84 Å². The lowest BCUT2D eigenvalue weighted by Gasteiger charge is -2.37. The summed E-state index contributed by atoms with van der Waals surface area (Å²) in [6.07, 6.45) is 1.31. The Hall–Kier alpha value is -2.82. The maximum atomic E-state index is 11.4. The number of rotatable bonds is 7. The van der Waals surface area contributed by atoms with Crippen LogP contribution in [0, 0.1) is 5.92 Å². The minimum absolute atomic E-state index is 0.0206. The fourth-order valence-corrected chi connectivity index (χ4v) is 4.31. The standard InChI is InChI=1S/C26H26ClNO3/c27-23-11-9-20(10-12-23)25(28-15-13-21(14-16-28)26(29)30)22-7-4-8-24(17-22)31-18-19-5-2-1-3-6-19/h1-12,17,21,25H,13-16,18H2,(H,29,30). The fraction of sp³-hybridized carbons (Fsp3) is 0.269. The van der Waals surface area contributed by atoms with E-state index in [-0.39, 0.29) is 12.0 Å². The van der Waals surface area contributed by atoms with Crippen LogP contribution in [0.4, 0.5) is 0 Å². The number of halogens is 1. The Balaban J connectivity index is 1.58. The first-order chi connectivity index (χ1) is 15.1. The minimum Gasteiger partial charge on any atom is -0.489 e. The van der Waals surface area contributed by atoms with Crippen molar-refractivity contribution in [3.05, 3.63) is 101 Å². The average Bonchev–Trinajstić information content (AvgIpc) is 2.80. The van der Waals surface area contributed by atoms with Gasteiger partial charge in [-0.15, -0.1) is 0 Å². The second kappa shape index (κ2) is 9.99. The molecule has 31 heavy (non-hydrogen) atoms. The molecular weight excluding hydrogens is 410 g/mol. The Morgan fingerprint density at radius 1 is 0.968 bits per heavy atom. The van der Waals surface area contributed by atoms with Crippen molar-refractivity contribution >= 4 is 17.6 Å². The molecule has 1 aliphatic heterocycles. The van der Waals surface area contributed by atoms with Crippen LogP contribution >= 0.6 is 11.6 Å². The SMILES string of the molecule is O=C(O)C1CCN(C(c2ccc(Cl)cc2)c2cccc(OCc3ccccc3)c2)CC1. The van der Waals surface area contributed by atoms with E-state index in [0.29, 0.717) is 24.5 Å². The monoisotopic (exact) mass is 435 g/mol. The van der Waals surface area contributed by atoms with Gasteiger partial charge in [0, 0.05) is 5.02 Å². The third-order valence-electron chi connectivity index (χ3n) is 5.85. The molecule has 1 fully saturated rings. The smallest absolute Gasteiger partial charge is 0.306 e. The van der Waals surface area contributed by atoms with Gasteiger partial charge in [-0.1, -0.05) is 66.2 Å². The molecule has 1 saturated heterocycles. The van der Waals surface area contributed by atoms with Crippen LogP contribution in [-0.2, 0) is 11.4 Å². The molecule has 4 nitrogen and oxygen atoms in total. The summed E-state index contributed by atoms with van der Waals surface area (Å²) in [4.78, 5) is 13.8. The summed E-state index contributed by atoms with van der Waals surface area (Å²) in [6, 6.07) is 26.2. The van der Waals surface area contributed by atoms with E-state index in [4.69, 9.17) is 16.3 Å². The molecule has 160 valence electrons. The predicted octanol–water partition coefficient (Wildman–Crippen LogP) is 5.81. The lowest BCUT2D eigenvalue weighted by Crippen LogP contribution is -2.39. The number of benzene rings is 3. The first-order valence-electron chi connectivity index (χ1n) is 10.6. The fourth-order valence-electron chi connectivity index (χ4n) is 4.18. The third-order valence-corrected chi connectivity index (χ3v) is 6.10. The topological polar surface area (TPSA) is 49.8 Å². The Labute approximate surface area is 188 Å². The molecule has 1 atom stereocenters. The summed E-state index contributed by atoms with van der Waals surface area (Å²) in [5, 5.41) is 10.1. The number of hydrogen-bond acceptors (Lipinski definition) is 3. The van der Waals surface area contributed by atoms with Crippen LogP contribution in [0.25, 0.3) is 0 Å². The van der Waals surface area contributed by atoms with Crippen LogP contribution in [-0.4, -0.2) is 29.1 Å². The van der Waals surface area contributed by atoms with Gasteiger partial charge in [-0.25, -0.2) is 0 Å². The van der Waals surface area contributed by atoms with E-state index in [1.54, 1.807) is 0 Å². The number of hydrogen-bond donors (Lipinski definition) is 1. The first-order valence-corrected chi connectivity index (χ1v) is 11.0. The van der Waals surface area contributed by atoms with Gasteiger partial charge in [-0.2, -0.15) is 0 Å². The van der Waals surface area contributed by atoms with Crippen molar-refractivity contribution in [1.82, 2.24) is 4.90 Å². The second-order valence-electron chi connectivity index (χ2n) is 7.95. The van der Waals surface area contributed by atoms with Crippen molar-refractivity contribution < 1.29 is 14.6 Å². The molecule has 0 aliphatic carbocycles. The van der Waals surface area contributed by atoms with Crippen molar-refractivity contribution in [2.75, 3.05) is 13.1 Å². The number of likely N-dealkylation sites (tertiary alicyclic amines) is 1. The van der Waals surface area contributed by atoms with Crippen LogP contribution in [0.15, 0.2) is 78.9 Å². The number of piperidine rings is 1. The molecule has 1 heterocycles. The summed E-state index contributed by atoms with van der Waals surface area (Å²) in [5.74, 6) is -0.137. The highest BCUT2D eigenvalue weighted by Gasteiger charge is 2.30. The van der Waals surface area contributed by atoms with Crippen LogP contribution in [0.2, 0.25) is 5.02 Å². The summed E-state index contributed by atoms with van der Waals surface area (Å²) in [7, 11) is 0. The molecule has 5 heteroatoms. The van der Waals surface area contributed by atoms with E-state index in [9.17, 15) is 9.90 Å². The molecule has 3 aromatic rings. The molecule has 3 aromatic carbocycles. The van der Waals surface area contributed by atoms with E-state index in [0.717, 1.165) is 35.5 Å². The Kier molecular flexibility index (Phi) is 6.90. The summed E-state index contributed by atoms with van der Waals surface area (Å²) >= 11 is 6.13. The van der Waals surface area contributed by atoms with Crippen molar-refractivity contribution in [3.8, 4) is 5.75 Å². The largest absolute Gasteiger partial charge is 0.489 e. The van der Waals surface area contributed by atoms with Crippen molar-refractivity contribution in [1.29, 1.82) is 0 Å². The molecule has 4 rings (SSSR count). The van der Waals surface area contributed by atoms with Crippen molar-refractivity contribution in [2.45, 2.75) is 25.5 Å². The van der Waals surface area contributed by atoms with Crippen LogP contribution in [0.5, 0.6) is 5.75 Å². The minimum atomic E-state index is -0.695. The Morgan fingerprint density at radius 3 is 2.35 bits per heavy atom. The van der Waals surface area contributed by atoms with E-state index in [1.807, 2.05) is 66.7 Å². The highest BCUT2D eigenvalue weighted by molar-refractivity contribution is 6.30. The van der Waals surface area contributed by atoms with Crippen molar-refractivity contribution in [2.24, 2.45) is 5.92 Å². The predicted molar refractivity (Wildman–Crippen MR) is 122 cm³/mol. The number of nitrogens with zero attached hydrogens (tertiary/aromatic N) is 1. The van der Waals surface area contributed by atoms with Gasteiger partial charge in [0.2, 0.25) is 0 Å². The number of carboxylic acids is 1. The van der Waals surface area contributed by atoms with Gasteiger partial charge in [0.1, 0.15) is 12.4 Å². The molecule has 0 spiro atoms. The van der Waals surface area contributed by atoms with Crippen LogP contribution < -0.4 is 4.74 Å². The lowest BCUT2D eigenvalue weighted by molar-refractivity contribution is -0.143. The highest BCUT2D eigenvalue weighted by atomic mass is 35.5. The Morgan fingerprint density at radius 2 is 1.68 bits per heavy atom. The molecule has 0 bridgehead atoms. The molecule has 0 amide bonds. The number of carboxylic acid groups (broad SMARTS) is 1. The first kappa shape index (κ1) is 21.4. The summed E-state index contributed by atoms with van der Waals surface area (Å²) in [6.45, 7) is 1.98. The maximum Gasteiger partial charge on any atom is 0.306 e. The molecule has 0 saturated carbocycles. The van der Waals surface area contributed by atoms with E-state index in [2.05, 4.69) is 17.0 Å². The van der Waals surface area contributed by atoms with Gasteiger partial charge in [-0.3, -0.25) is 9.69 Å². The highest BCUT2D eigenvalue weighted by Crippen LogP contribution is 2.34. The molecular formula is C26H26ClNO3. The molecule has 0 radical (unpaired) electrons. The molecule has 0 aromatic heterocycles. The Bertz CT molecular complexity index is 999. The second-order valence-corrected chi connectivity index (χ2v) is 8.39. The number of ether oxygens (including phenoxy) is 1. The zero-order valence-corrected chi connectivity index (χ0v) is 18.0. The average molecular weight is 436 g/mol. The molecule has 1 aliphatic rings. The normalized spacial score (nSPS) is 16.0. The lowest BCUT2D eigenvalue weighted by atomic mass is 9.91. The quantitative estimate of drug-likeness (QED) is 0.509. The van der Waals surface area contributed by atoms with Crippen molar-refractivity contribution in [3.63, 3.8) is 0 Å². The van der Waals surface area contributed by atoms with Crippen LogP contribution in [0.3, 0.4) is 0 Å². The third kappa shape index (κ3) is 5.46. The van der Waals surface area contributed by atoms with E-state index in [1.165, 1.54) is 0 Å². The zero-order chi connectivity index (χ0) is 21.6. The summed E-state index contributed by atoms with van der Waals surface area (Å²) in [5.41, 5.74) is 3.39. The van der Waals surface area contributed by atoms with E-state index >= 15 is 0 Å². The molecule has 1 unspecified atom stereocenters. The molecule has 1 N–H and O–H groups in total. The van der Waals surface area contributed by atoms with E-state index < -0.39 is 5.97 Å². The number of carbonyl (C=O) groups is 1. The number of aliphatic carboxylic acids is 1.